The van der Waals surface area contributed by atoms with E-state index >= 15 is 0 Å². The molecule has 174 valence electrons. The number of piperazine rings is 1. The molecule has 1 aromatic carbocycles. The lowest BCUT2D eigenvalue weighted by Crippen LogP contribution is -2.49. The Hall–Kier alpha value is -3.33. The predicted octanol–water partition coefficient (Wildman–Crippen LogP) is 4.38. The fourth-order valence-corrected chi connectivity index (χ4v) is 3.70. The molecule has 0 saturated carbocycles. The fourth-order valence-electron chi connectivity index (χ4n) is 3.70. The largest absolute Gasteiger partial charge is 0.417 e. The molecular formula is C24H25F3N4O2. The van der Waals surface area contributed by atoms with Crippen molar-refractivity contribution in [3.8, 4) is 5.75 Å². The van der Waals surface area contributed by atoms with Crippen LogP contribution < -0.4 is 4.74 Å². The summed E-state index contributed by atoms with van der Waals surface area (Å²) in [6.07, 6.45) is -0.683. The van der Waals surface area contributed by atoms with E-state index in [0.29, 0.717) is 31.0 Å². The van der Waals surface area contributed by atoms with Crippen LogP contribution in [0.3, 0.4) is 0 Å². The van der Waals surface area contributed by atoms with E-state index in [0.717, 1.165) is 43.9 Å². The van der Waals surface area contributed by atoms with Crippen molar-refractivity contribution in [3.05, 3.63) is 83.4 Å². The van der Waals surface area contributed by atoms with Crippen molar-refractivity contribution in [2.45, 2.75) is 19.0 Å². The van der Waals surface area contributed by atoms with Crippen LogP contribution >= 0.6 is 0 Å². The number of carbonyl (C=O) groups excluding carboxylic acids is 1. The molecule has 4 rings (SSSR count). The lowest BCUT2D eigenvalue weighted by molar-refractivity contribution is -0.137. The van der Waals surface area contributed by atoms with Crippen LogP contribution in [0, 0.1) is 0 Å². The van der Waals surface area contributed by atoms with E-state index in [-0.39, 0.29) is 6.09 Å². The van der Waals surface area contributed by atoms with Gasteiger partial charge in [0.05, 0.1) is 5.56 Å². The van der Waals surface area contributed by atoms with Gasteiger partial charge in [-0.15, -0.1) is 0 Å². The molecule has 1 amide bonds. The standard InChI is InChI=1S/C24H25F3N4O2/c25-24(26,27)19-5-6-21(29-17-19)16-18-3-7-22(8-4-18)33-23(32)31-14-12-30(13-15-31)11-9-20-2-1-10-28-20/h1-8,10,17,28H,9,11-16H2. The first-order valence-electron chi connectivity index (χ1n) is 10.8. The lowest BCUT2D eigenvalue weighted by Gasteiger charge is -2.33. The van der Waals surface area contributed by atoms with Gasteiger partial charge >= 0.3 is 12.3 Å². The second-order valence-electron chi connectivity index (χ2n) is 8.00. The average molecular weight is 458 g/mol. The zero-order chi connectivity index (χ0) is 23.3. The number of ether oxygens (including phenoxy) is 1. The van der Waals surface area contributed by atoms with Gasteiger partial charge in [-0.25, -0.2) is 4.79 Å². The van der Waals surface area contributed by atoms with Crippen LogP contribution in [-0.4, -0.2) is 58.6 Å². The molecule has 0 atom stereocenters. The Morgan fingerprint density at radius 2 is 1.79 bits per heavy atom. The number of hydrogen-bond acceptors (Lipinski definition) is 4. The third-order valence-corrected chi connectivity index (χ3v) is 5.66. The number of alkyl halides is 3. The van der Waals surface area contributed by atoms with Crippen molar-refractivity contribution in [3.63, 3.8) is 0 Å². The van der Waals surface area contributed by atoms with Crippen LogP contribution in [0.15, 0.2) is 60.9 Å². The quantitative estimate of drug-likeness (QED) is 0.596. The topological polar surface area (TPSA) is 61.5 Å². The monoisotopic (exact) mass is 458 g/mol. The number of pyridine rings is 1. The molecular weight excluding hydrogens is 433 g/mol. The van der Waals surface area contributed by atoms with Crippen LogP contribution in [0.5, 0.6) is 5.75 Å². The van der Waals surface area contributed by atoms with E-state index < -0.39 is 11.7 Å². The highest BCUT2D eigenvalue weighted by atomic mass is 19.4. The molecule has 0 radical (unpaired) electrons. The summed E-state index contributed by atoms with van der Waals surface area (Å²) in [5, 5.41) is 0. The molecule has 3 aromatic rings. The van der Waals surface area contributed by atoms with Crippen molar-refractivity contribution >= 4 is 6.09 Å². The van der Waals surface area contributed by atoms with Gasteiger partial charge in [0.2, 0.25) is 0 Å². The minimum absolute atomic E-state index is 0.379. The van der Waals surface area contributed by atoms with Crippen LogP contribution in [0.4, 0.5) is 18.0 Å². The molecule has 1 saturated heterocycles. The van der Waals surface area contributed by atoms with Gasteiger partial charge < -0.3 is 14.6 Å². The highest BCUT2D eigenvalue weighted by Gasteiger charge is 2.30. The molecule has 0 spiro atoms. The minimum Gasteiger partial charge on any atom is -0.410 e. The Bertz CT molecular complexity index is 1030. The number of benzene rings is 1. The summed E-state index contributed by atoms with van der Waals surface area (Å²) in [7, 11) is 0. The zero-order valence-electron chi connectivity index (χ0n) is 18.0. The van der Waals surface area contributed by atoms with Crippen LogP contribution in [0.25, 0.3) is 0 Å². The van der Waals surface area contributed by atoms with Gasteiger partial charge in [0.1, 0.15) is 5.75 Å². The summed E-state index contributed by atoms with van der Waals surface area (Å²) < 4.78 is 43.4. The summed E-state index contributed by atoms with van der Waals surface area (Å²) in [6, 6.07) is 13.4. The molecule has 1 fully saturated rings. The Morgan fingerprint density at radius 1 is 1.03 bits per heavy atom. The van der Waals surface area contributed by atoms with Gasteiger partial charge in [-0.3, -0.25) is 9.88 Å². The first-order valence-corrected chi connectivity index (χ1v) is 10.8. The molecule has 33 heavy (non-hydrogen) atoms. The van der Waals surface area contributed by atoms with Gasteiger partial charge in [0.25, 0.3) is 0 Å². The van der Waals surface area contributed by atoms with Gasteiger partial charge in [-0.2, -0.15) is 13.2 Å². The lowest BCUT2D eigenvalue weighted by atomic mass is 10.1. The third-order valence-electron chi connectivity index (χ3n) is 5.66. The summed E-state index contributed by atoms with van der Waals surface area (Å²) in [5.41, 5.74) is 1.82. The maximum atomic E-state index is 12.6. The van der Waals surface area contributed by atoms with Crippen molar-refractivity contribution < 1.29 is 22.7 Å². The highest BCUT2D eigenvalue weighted by Crippen LogP contribution is 2.28. The molecule has 0 aliphatic carbocycles. The maximum absolute atomic E-state index is 12.6. The number of hydrogen-bond donors (Lipinski definition) is 1. The first kappa shape index (κ1) is 22.8. The number of rotatable bonds is 6. The van der Waals surface area contributed by atoms with E-state index in [1.54, 1.807) is 29.2 Å². The maximum Gasteiger partial charge on any atom is 0.417 e. The molecule has 9 heteroatoms. The van der Waals surface area contributed by atoms with Crippen molar-refractivity contribution in [1.29, 1.82) is 0 Å². The van der Waals surface area contributed by atoms with Gasteiger partial charge in [-0.05, 0) is 42.0 Å². The highest BCUT2D eigenvalue weighted by molar-refractivity contribution is 5.70. The van der Waals surface area contributed by atoms with E-state index in [9.17, 15) is 18.0 Å². The fraction of sp³-hybridized carbons (Fsp3) is 0.333. The van der Waals surface area contributed by atoms with Gasteiger partial charge in [-0.1, -0.05) is 12.1 Å². The zero-order valence-corrected chi connectivity index (χ0v) is 18.0. The van der Waals surface area contributed by atoms with E-state index in [4.69, 9.17) is 4.74 Å². The number of nitrogens with zero attached hydrogens (tertiary/aromatic N) is 3. The molecule has 1 aliphatic heterocycles. The number of halogens is 3. The SMILES string of the molecule is O=C(Oc1ccc(Cc2ccc(C(F)(F)F)cn2)cc1)N1CCN(CCc2ccc[nH]2)CC1. The number of amides is 1. The van der Waals surface area contributed by atoms with E-state index in [2.05, 4.69) is 20.9 Å². The van der Waals surface area contributed by atoms with Crippen molar-refractivity contribution in [1.82, 2.24) is 19.8 Å². The van der Waals surface area contributed by atoms with E-state index in [1.165, 1.54) is 11.8 Å². The number of carbonyl (C=O) groups is 1. The Labute approximate surface area is 190 Å². The van der Waals surface area contributed by atoms with Crippen molar-refractivity contribution in [2.75, 3.05) is 32.7 Å². The average Bonchev–Trinajstić information content (AvgIpc) is 3.33. The summed E-state index contributed by atoms with van der Waals surface area (Å²) in [4.78, 5) is 23.6. The Balaban J connectivity index is 1.23. The number of aromatic amines is 1. The molecule has 0 bridgehead atoms. The number of aromatic nitrogens is 2. The van der Waals surface area contributed by atoms with Gasteiger partial charge in [0.15, 0.2) is 0 Å². The molecule has 3 heterocycles. The second kappa shape index (κ2) is 10.1. The first-order chi connectivity index (χ1) is 15.9. The van der Waals surface area contributed by atoms with Crippen molar-refractivity contribution in [2.24, 2.45) is 0 Å². The van der Waals surface area contributed by atoms with E-state index in [1.807, 2.05) is 12.3 Å². The Morgan fingerprint density at radius 3 is 2.39 bits per heavy atom. The number of nitrogens with one attached hydrogen (secondary N) is 1. The minimum atomic E-state index is -4.40. The van der Waals surface area contributed by atoms with Crippen LogP contribution in [0.1, 0.15) is 22.5 Å². The molecule has 0 unspecified atom stereocenters. The second-order valence-corrected chi connectivity index (χ2v) is 8.00. The summed E-state index contributed by atoms with van der Waals surface area (Å²) in [6.45, 7) is 3.77. The van der Waals surface area contributed by atoms with Gasteiger partial charge in [0, 0.05) is 69.3 Å². The van der Waals surface area contributed by atoms with Crippen LogP contribution in [-0.2, 0) is 19.0 Å². The van der Waals surface area contributed by atoms with Crippen LogP contribution in [0.2, 0.25) is 0 Å². The molecule has 1 N–H and O–H groups in total. The molecule has 1 aliphatic rings. The molecule has 2 aromatic heterocycles. The summed E-state index contributed by atoms with van der Waals surface area (Å²) >= 11 is 0. The Kier molecular flexibility index (Phi) is 6.98. The predicted molar refractivity (Wildman–Crippen MR) is 117 cm³/mol. The normalized spacial score (nSPS) is 14.9. The third kappa shape index (κ3) is 6.35. The smallest absolute Gasteiger partial charge is 0.410 e. The summed E-state index contributed by atoms with van der Waals surface area (Å²) in [5.74, 6) is 0.429. The molecule has 6 nitrogen and oxygen atoms in total. The number of H-pyrrole nitrogens is 1.